The Morgan fingerprint density at radius 1 is 1.35 bits per heavy atom. The van der Waals surface area contributed by atoms with E-state index < -0.39 is 16.1 Å². The van der Waals surface area contributed by atoms with Gasteiger partial charge in [-0.25, -0.2) is 12.7 Å². The highest BCUT2D eigenvalue weighted by atomic mass is 32.2. The van der Waals surface area contributed by atoms with E-state index in [9.17, 15) is 13.2 Å². The van der Waals surface area contributed by atoms with Crippen LogP contribution in [0.25, 0.3) is 0 Å². The van der Waals surface area contributed by atoms with Crippen molar-refractivity contribution >= 4 is 21.6 Å². The summed E-state index contributed by atoms with van der Waals surface area (Å²) in [4.78, 5) is 12.4. The van der Waals surface area contributed by atoms with Gasteiger partial charge in [-0.1, -0.05) is 12.8 Å². The minimum Gasteiger partial charge on any atom is -0.324 e. The maximum Gasteiger partial charge on any atom is 0.242 e. The number of nitrogens with one attached hydrogen (secondary N) is 1. The highest BCUT2D eigenvalue weighted by molar-refractivity contribution is 7.89. The summed E-state index contributed by atoms with van der Waals surface area (Å²) in [6, 6.07) is 2.56. The maximum absolute atomic E-state index is 12.3. The summed E-state index contributed by atoms with van der Waals surface area (Å²) in [5.74, 6) is 0.290. The molecule has 1 atom stereocenters. The Hall–Kier alpha value is -1.44. The average molecular weight is 339 g/mol. The van der Waals surface area contributed by atoms with Crippen LogP contribution in [-0.4, -0.2) is 38.8 Å². The summed E-state index contributed by atoms with van der Waals surface area (Å²) in [6.45, 7) is 3.67. The largest absolute Gasteiger partial charge is 0.324 e. The van der Waals surface area contributed by atoms with Crippen LogP contribution in [0.3, 0.4) is 0 Å². The van der Waals surface area contributed by atoms with E-state index in [1.165, 1.54) is 20.2 Å². The molecule has 0 bridgehead atoms. The number of carbonyl (C=O) groups is 1. The van der Waals surface area contributed by atoms with Crippen molar-refractivity contribution in [3.05, 3.63) is 23.3 Å². The first-order valence-corrected chi connectivity index (χ1v) is 9.17. The minimum atomic E-state index is -3.55. The molecule has 1 aliphatic rings. The molecule has 3 N–H and O–H groups in total. The highest BCUT2D eigenvalue weighted by Gasteiger charge is 2.27. The molecule has 1 aliphatic carbocycles. The van der Waals surface area contributed by atoms with Crippen LogP contribution in [0.2, 0.25) is 0 Å². The van der Waals surface area contributed by atoms with Gasteiger partial charge in [-0.3, -0.25) is 4.79 Å². The predicted octanol–water partition coefficient (Wildman–Crippen LogP) is 1.62. The van der Waals surface area contributed by atoms with Crippen molar-refractivity contribution in [3.8, 4) is 0 Å². The lowest BCUT2D eigenvalue weighted by Crippen LogP contribution is -2.36. The third-order valence-electron chi connectivity index (χ3n) is 4.30. The van der Waals surface area contributed by atoms with Gasteiger partial charge in [-0.05, 0) is 49.4 Å². The van der Waals surface area contributed by atoms with Gasteiger partial charge >= 0.3 is 0 Å². The van der Waals surface area contributed by atoms with Gasteiger partial charge in [0.15, 0.2) is 0 Å². The number of nitrogens with zero attached hydrogens (tertiary/aromatic N) is 1. The van der Waals surface area contributed by atoms with Crippen LogP contribution in [-0.2, 0) is 14.8 Å². The number of hydrogen-bond donors (Lipinski definition) is 2. The summed E-state index contributed by atoms with van der Waals surface area (Å²) < 4.78 is 25.8. The number of nitrogens with two attached hydrogens (primary N) is 1. The molecule has 23 heavy (non-hydrogen) atoms. The fourth-order valence-electron chi connectivity index (χ4n) is 2.36. The lowest BCUT2D eigenvalue weighted by Gasteiger charge is -2.18. The smallest absolute Gasteiger partial charge is 0.242 e. The Bertz CT molecular complexity index is 710. The minimum absolute atomic E-state index is 0.164. The number of hydrogen-bond acceptors (Lipinski definition) is 4. The Morgan fingerprint density at radius 2 is 1.96 bits per heavy atom. The van der Waals surface area contributed by atoms with Gasteiger partial charge in [0.25, 0.3) is 0 Å². The number of carbonyl (C=O) groups excluding carboxylic acids is 1. The van der Waals surface area contributed by atoms with E-state index in [1.54, 1.807) is 6.07 Å². The normalized spacial score (nSPS) is 16.4. The molecule has 6 nitrogen and oxygen atoms in total. The van der Waals surface area contributed by atoms with Gasteiger partial charge in [0, 0.05) is 19.8 Å². The van der Waals surface area contributed by atoms with Gasteiger partial charge in [-0.15, -0.1) is 0 Å². The average Bonchev–Trinajstić information content (AvgIpc) is 3.26. The lowest BCUT2D eigenvalue weighted by atomic mass is 10.1. The van der Waals surface area contributed by atoms with E-state index in [-0.39, 0.29) is 10.8 Å². The monoisotopic (exact) mass is 339 g/mol. The zero-order valence-corrected chi connectivity index (χ0v) is 14.9. The van der Waals surface area contributed by atoms with Gasteiger partial charge in [0.05, 0.1) is 10.9 Å². The maximum atomic E-state index is 12.3. The Kier molecular flexibility index (Phi) is 5.13. The summed E-state index contributed by atoms with van der Waals surface area (Å²) >= 11 is 0. The molecule has 0 aliphatic heterocycles. The van der Waals surface area contributed by atoms with E-state index in [4.69, 9.17) is 5.73 Å². The van der Waals surface area contributed by atoms with Crippen molar-refractivity contribution in [1.29, 1.82) is 0 Å². The van der Waals surface area contributed by atoms with E-state index in [1.807, 2.05) is 13.8 Å². The first kappa shape index (κ1) is 17.9. The molecule has 128 valence electrons. The van der Waals surface area contributed by atoms with Crippen LogP contribution >= 0.6 is 0 Å². The van der Waals surface area contributed by atoms with E-state index >= 15 is 0 Å². The first-order valence-electron chi connectivity index (χ1n) is 7.73. The third-order valence-corrected chi connectivity index (χ3v) is 6.09. The van der Waals surface area contributed by atoms with Crippen LogP contribution in [0.1, 0.15) is 30.4 Å². The highest BCUT2D eigenvalue weighted by Crippen LogP contribution is 2.33. The second-order valence-electron chi connectivity index (χ2n) is 6.47. The summed E-state index contributed by atoms with van der Waals surface area (Å²) in [6.07, 6.45) is 2.95. The quantitative estimate of drug-likeness (QED) is 0.824. The van der Waals surface area contributed by atoms with Crippen molar-refractivity contribution in [2.24, 2.45) is 11.7 Å². The molecule has 7 heteroatoms. The number of benzene rings is 1. The Morgan fingerprint density at radius 3 is 2.48 bits per heavy atom. The number of amides is 1. The first-order chi connectivity index (χ1) is 10.6. The predicted molar refractivity (Wildman–Crippen MR) is 90.7 cm³/mol. The molecule has 0 spiro atoms. The summed E-state index contributed by atoms with van der Waals surface area (Å²) in [7, 11) is -0.592. The van der Waals surface area contributed by atoms with Crippen molar-refractivity contribution in [2.75, 3.05) is 19.4 Å². The fourth-order valence-corrected chi connectivity index (χ4v) is 3.38. The van der Waals surface area contributed by atoms with Crippen molar-refractivity contribution < 1.29 is 13.2 Å². The van der Waals surface area contributed by atoms with Crippen molar-refractivity contribution in [3.63, 3.8) is 0 Å². The Labute approximate surface area is 138 Å². The van der Waals surface area contributed by atoms with Crippen LogP contribution in [0.4, 0.5) is 5.69 Å². The molecule has 1 fully saturated rings. The SMILES string of the molecule is Cc1cc(S(=O)(=O)N(C)C)cc(NC(=O)C(N)CC2CC2)c1C. The standard InChI is InChI=1S/C16H25N3O3S/c1-10-7-13(23(21,22)19(3)4)9-15(11(10)2)18-16(20)14(17)8-12-5-6-12/h7,9,12,14H,5-6,8,17H2,1-4H3,(H,18,20). The second kappa shape index (κ2) is 6.59. The zero-order valence-electron chi connectivity index (χ0n) is 14.1. The fraction of sp³-hybridized carbons (Fsp3) is 0.562. The molecule has 0 saturated heterocycles. The summed E-state index contributed by atoms with van der Waals surface area (Å²) in [5.41, 5.74) is 8.08. The van der Waals surface area contributed by atoms with Crippen molar-refractivity contribution in [1.82, 2.24) is 4.31 Å². The molecule has 0 heterocycles. The van der Waals surface area contributed by atoms with Gasteiger partial charge in [0.1, 0.15) is 0 Å². The Balaban J connectivity index is 2.27. The van der Waals surface area contributed by atoms with Crippen LogP contribution in [0.5, 0.6) is 0 Å². The number of rotatable bonds is 6. The molecular weight excluding hydrogens is 314 g/mol. The topological polar surface area (TPSA) is 92.5 Å². The van der Waals surface area contributed by atoms with Gasteiger partial charge in [-0.2, -0.15) is 0 Å². The number of aryl methyl sites for hydroxylation is 1. The lowest BCUT2D eigenvalue weighted by molar-refractivity contribution is -0.117. The molecule has 0 radical (unpaired) electrons. The zero-order chi connectivity index (χ0) is 17.4. The molecule has 1 amide bonds. The molecular formula is C16H25N3O3S. The van der Waals surface area contributed by atoms with Crippen LogP contribution in [0, 0.1) is 19.8 Å². The molecule has 1 unspecified atom stereocenters. The number of sulfonamides is 1. The second-order valence-corrected chi connectivity index (χ2v) is 8.63. The molecule has 1 saturated carbocycles. The van der Waals surface area contributed by atoms with Crippen LogP contribution < -0.4 is 11.1 Å². The molecule has 1 aromatic rings. The molecule has 2 rings (SSSR count). The van der Waals surface area contributed by atoms with Crippen molar-refractivity contribution in [2.45, 2.75) is 44.0 Å². The summed E-state index contributed by atoms with van der Waals surface area (Å²) in [5, 5.41) is 2.79. The van der Waals surface area contributed by atoms with Gasteiger partial charge < -0.3 is 11.1 Å². The van der Waals surface area contributed by atoms with E-state index in [2.05, 4.69) is 5.32 Å². The van der Waals surface area contributed by atoms with Gasteiger partial charge in [0.2, 0.25) is 15.9 Å². The molecule has 1 aromatic carbocycles. The van der Waals surface area contributed by atoms with Crippen LogP contribution in [0.15, 0.2) is 17.0 Å². The van der Waals surface area contributed by atoms with E-state index in [0.29, 0.717) is 18.0 Å². The third kappa shape index (κ3) is 4.10. The van der Waals surface area contributed by atoms with E-state index in [0.717, 1.165) is 28.3 Å². The number of anilines is 1. The molecule has 0 aromatic heterocycles.